The maximum atomic E-state index is 3.44. The van der Waals surface area contributed by atoms with Gasteiger partial charge in [-0.2, -0.15) is 0 Å². The molecule has 0 spiro atoms. The van der Waals surface area contributed by atoms with Crippen LogP contribution in [0.4, 0.5) is 0 Å². The molecule has 6 atom stereocenters. The van der Waals surface area contributed by atoms with Crippen LogP contribution in [0.15, 0.2) is 0 Å². The summed E-state index contributed by atoms with van der Waals surface area (Å²) in [4.78, 5) is 0. The molecule has 5 aliphatic carbocycles. The Bertz CT molecular complexity index is 362. The van der Waals surface area contributed by atoms with E-state index in [0.29, 0.717) is 0 Å². The van der Waals surface area contributed by atoms with Crippen LogP contribution in [0.25, 0.3) is 0 Å². The Morgan fingerprint density at radius 2 is 1.83 bits per heavy atom. The fraction of sp³-hybridized carbons (Fsp3) is 1.00. The number of rotatable bonds is 3. The highest BCUT2D eigenvalue weighted by atomic mass is 14.8. The molecule has 1 nitrogen and oxygen atoms in total. The second-order valence-electron chi connectivity index (χ2n) is 8.41. The van der Waals surface area contributed by atoms with Gasteiger partial charge in [-0.1, -0.05) is 0 Å². The van der Waals surface area contributed by atoms with E-state index in [1.165, 1.54) is 30.7 Å². The Balaban J connectivity index is 1.32. The van der Waals surface area contributed by atoms with E-state index in [2.05, 4.69) is 12.4 Å². The zero-order chi connectivity index (χ0) is 11.9. The van der Waals surface area contributed by atoms with E-state index in [4.69, 9.17) is 0 Å². The molecule has 5 rings (SSSR count). The minimum absolute atomic E-state index is 0.919. The average Bonchev–Trinajstić information content (AvgIpc) is 2.90. The van der Waals surface area contributed by atoms with Crippen LogP contribution in [0.1, 0.15) is 44.9 Å². The van der Waals surface area contributed by atoms with Crippen molar-refractivity contribution in [3.05, 3.63) is 0 Å². The van der Waals surface area contributed by atoms with Gasteiger partial charge in [0.15, 0.2) is 0 Å². The van der Waals surface area contributed by atoms with Crippen LogP contribution in [0.2, 0.25) is 0 Å². The normalized spacial score (nSPS) is 63.5. The Morgan fingerprint density at radius 1 is 1.00 bits per heavy atom. The largest absolute Gasteiger partial charge is 0.319 e. The van der Waals surface area contributed by atoms with Crippen LogP contribution in [0.3, 0.4) is 0 Å². The second-order valence-corrected chi connectivity index (χ2v) is 8.41. The van der Waals surface area contributed by atoms with Gasteiger partial charge in [-0.25, -0.2) is 0 Å². The van der Waals surface area contributed by atoms with E-state index in [0.717, 1.165) is 29.1 Å². The van der Waals surface area contributed by atoms with E-state index < -0.39 is 0 Å². The smallest absolute Gasteiger partial charge is 0.00208 e. The van der Waals surface area contributed by atoms with E-state index in [1.54, 1.807) is 38.5 Å². The summed E-state index contributed by atoms with van der Waals surface area (Å²) in [6.45, 7) is 1.29. The molecule has 0 bridgehead atoms. The molecule has 0 aliphatic heterocycles. The van der Waals surface area contributed by atoms with E-state index in [1.807, 2.05) is 0 Å². The molecule has 0 radical (unpaired) electrons. The molecule has 18 heavy (non-hydrogen) atoms. The lowest BCUT2D eigenvalue weighted by Gasteiger charge is -2.78. The van der Waals surface area contributed by atoms with Gasteiger partial charge < -0.3 is 5.32 Å². The van der Waals surface area contributed by atoms with Crippen molar-refractivity contribution >= 4 is 0 Å². The van der Waals surface area contributed by atoms with Crippen LogP contribution in [0, 0.1) is 46.8 Å². The van der Waals surface area contributed by atoms with Crippen molar-refractivity contribution in [3.63, 3.8) is 0 Å². The molecule has 1 N–H and O–H groups in total. The Labute approximate surface area is 111 Å². The lowest BCUT2D eigenvalue weighted by molar-refractivity contribution is -0.295. The maximum Gasteiger partial charge on any atom is -0.00208 e. The van der Waals surface area contributed by atoms with Crippen molar-refractivity contribution in [1.82, 2.24) is 5.32 Å². The van der Waals surface area contributed by atoms with Crippen LogP contribution < -0.4 is 5.32 Å². The SMILES string of the molecule is CNCC1CCC2C[C@@H](C34CC5CC(C3)C54)CC12. The van der Waals surface area contributed by atoms with E-state index in [-0.39, 0.29) is 0 Å². The van der Waals surface area contributed by atoms with Crippen molar-refractivity contribution in [2.45, 2.75) is 44.9 Å². The predicted molar refractivity (Wildman–Crippen MR) is 73.1 cm³/mol. The molecule has 0 aromatic carbocycles. The van der Waals surface area contributed by atoms with Gasteiger partial charge in [0.2, 0.25) is 0 Å². The Morgan fingerprint density at radius 3 is 2.50 bits per heavy atom. The predicted octanol–water partition coefficient (Wildman–Crippen LogP) is 3.30. The summed E-state index contributed by atoms with van der Waals surface area (Å²) in [6.07, 6.45) is 11.2. The van der Waals surface area contributed by atoms with E-state index >= 15 is 0 Å². The monoisotopic (exact) mass is 245 g/mol. The van der Waals surface area contributed by atoms with Gasteiger partial charge >= 0.3 is 0 Å². The van der Waals surface area contributed by atoms with Gasteiger partial charge in [0, 0.05) is 0 Å². The standard InChI is InChI=1S/C17H27N/c1-18-9-11-3-2-10-5-14(6-15(10)11)17-7-12-4-13(8-17)16(12)17/h10-16,18H,2-9H2,1H3/t10?,11?,12?,13?,14-,15?,16?,17?/m1/s1. The van der Waals surface area contributed by atoms with Crippen molar-refractivity contribution in [2.24, 2.45) is 46.8 Å². The molecular formula is C17H27N. The highest BCUT2D eigenvalue weighted by molar-refractivity contribution is 5.22. The molecule has 5 fully saturated rings. The van der Waals surface area contributed by atoms with Gasteiger partial charge in [-0.15, -0.1) is 0 Å². The fourth-order valence-electron chi connectivity index (χ4n) is 7.54. The first-order valence-electron chi connectivity index (χ1n) is 8.46. The first-order chi connectivity index (χ1) is 8.82. The van der Waals surface area contributed by atoms with Gasteiger partial charge in [0.25, 0.3) is 0 Å². The summed E-state index contributed by atoms with van der Waals surface area (Å²) in [6, 6.07) is 0. The molecule has 5 aliphatic rings. The number of hydrogen-bond acceptors (Lipinski definition) is 1. The summed E-state index contributed by atoms with van der Waals surface area (Å²) >= 11 is 0. The summed E-state index contributed by atoms with van der Waals surface area (Å²) in [5, 5.41) is 3.44. The van der Waals surface area contributed by atoms with Crippen LogP contribution in [0.5, 0.6) is 0 Å². The van der Waals surface area contributed by atoms with Crippen LogP contribution in [-0.4, -0.2) is 13.6 Å². The second kappa shape index (κ2) is 3.34. The van der Waals surface area contributed by atoms with Crippen LogP contribution in [-0.2, 0) is 0 Å². The molecular weight excluding hydrogens is 218 g/mol. The third-order valence-electron chi connectivity index (χ3n) is 8.11. The molecule has 0 aromatic rings. The fourth-order valence-corrected chi connectivity index (χ4v) is 7.54. The lowest BCUT2D eigenvalue weighted by Crippen LogP contribution is -2.71. The highest BCUT2D eigenvalue weighted by Gasteiger charge is 2.74. The molecule has 0 heterocycles. The van der Waals surface area contributed by atoms with Gasteiger partial charge in [0.1, 0.15) is 0 Å². The molecule has 100 valence electrons. The quantitative estimate of drug-likeness (QED) is 0.804. The number of nitrogens with one attached hydrogen (secondary N) is 1. The highest BCUT2D eigenvalue weighted by Crippen LogP contribution is 2.81. The van der Waals surface area contributed by atoms with Crippen LogP contribution >= 0.6 is 0 Å². The zero-order valence-electron chi connectivity index (χ0n) is 11.7. The first kappa shape index (κ1) is 10.7. The third kappa shape index (κ3) is 1.06. The molecule has 0 saturated heterocycles. The van der Waals surface area contributed by atoms with Crippen molar-refractivity contribution in [1.29, 1.82) is 0 Å². The van der Waals surface area contributed by atoms with Crippen molar-refractivity contribution < 1.29 is 0 Å². The third-order valence-corrected chi connectivity index (χ3v) is 8.11. The molecule has 0 amide bonds. The number of fused-ring (bicyclic) bond motifs is 1. The lowest BCUT2D eigenvalue weighted by atomic mass is 9.26. The minimum atomic E-state index is 0.919. The first-order valence-corrected chi connectivity index (χ1v) is 8.46. The summed E-state index contributed by atoms with van der Waals surface area (Å²) in [7, 11) is 2.14. The zero-order valence-corrected chi connectivity index (χ0v) is 11.7. The van der Waals surface area contributed by atoms with Gasteiger partial charge in [-0.3, -0.25) is 0 Å². The maximum absolute atomic E-state index is 3.44. The minimum Gasteiger partial charge on any atom is -0.319 e. The van der Waals surface area contributed by atoms with Gasteiger partial charge in [0.05, 0.1) is 0 Å². The molecule has 1 heteroatoms. The number of hydrogen-bond donors (Lipinski definition) is 1. The van der Waals surface area contributed by atoms with Crippen molar-refractivity contribution in [2.75, 3.05) is 13.6 Å². The summed E-state index contributed by atoms with van der Waals surface area (Å²) < 4.78 is 0. The molecule has 0 aromatic heterocycles. The Kier molecular flexibility index (Phi) is 1.99. The van der Waals surface area contributed by atoms with Gasteiger partial charge in [-0.05, 0) is 105 Å². The molecule has 5 unspecified atom stereocenters. The summed E-state index contributed by atoms with van der Waals surface area (Å²) in [5.41, 5.74) is 0.919. The summed E-state index contributed by atoms with van der Waals surface area (Å²) in [5.74, 6) is 8.06. The average molecular weight is 245 g/mol. The Hall–Kier alpha value is -0.0400. The molecule has 5 saturated carbocycles. The topological polar surface area (TPSA) is 12.0 Å². The van der Waals surface area contributed by atoms with E-state index in [9.17, 15) is 0 Å². The van der Waals surface area contributed by atoms with Crippen molar-refractivity contribution in [3.8, 4) is 0 Å².